The summed E-state index contributed by atoms with van der Waals surface area (Å²) in [5.41, 5.74) is 1.40. The zero-order valence-electron chi connectivity index (χ0n) is 12.0. The van der Waals surface area contributed by atoms with E-state index in [1.807, 2.05) is 18.2 Å². The van der Waals surface area contributed by atoms with E-state index in [2.05, 4.69) is 20.9 Å². The fourth-order valence-electron chi connectivity index (χ4n) is 1.90. The molecule has 0 atom stereocenters. The molecule has 2 aromatic carbocycles. The third kappa shape index (κ3) is 4.19. The van der Waals surface area contributed by atoms with Crippen molar-refractivity contribution in [3.63, 3.8) is 0 Å². The van der Waals surface area contributed by atoms with Gasteiger partial charge in [0, 0.05) is 15.1 Å². The van der Waals surface area contributed by atoms with E-state index >= 15 is 0 Å². The number of nitrogens with zero attached hydrogens (tertiary/aromatic N) is 1. The molecule has 0 radical (unpaired) electrons. The molecular formula is C17H9BrClNO2S2. The highest BCUT2D eigenvalue weighted by Gasteiger charge is 2.25. The van der Waals surface area contributed by atoms with Crippen molar-refractivity contribution >= 4 is 72.5 Å². The van der Waals surface area contributed by atoms with E-state index in [4.69, 9.17) is 11.6 Å². The summed E-state index contributed by atoms with van der Waals surface area (Å²) < 4.78 is 1.15. The number of carbonyl (C=O) groups is 2. The van der Waals surface area contributed by atoms with Gasteiger partial charge in [0.1, 0.15) is 4.38 Å². The molecule has 3 rings (SSSR count). The molecular weight excluding hydrogens is 430 g/mol. The smallest absolute Gasteiger partial charge is 0.281 e. The summed E-state index contributed by atoms with van der Waals surface area (Å²) in [4.78, 5) is 28.8. The van der Waals surface area contributed by atoms with Crippen LogP contribution in [0.2, 0.25) is 5.02 Å². The predicted molar refractivity (Wildman–Crippen MR) is 106 cm³/mol. The molecule has 0 N–H and O–H groups in total. The fraction of sp³-hybridized carbons (Fsp3) is 0. The van der Waals surface area contributed by atoms with Gasteiger partial charge in [-0.05, 0) is 47.7 Å². The first-order valence-corrected chi connectivity index (χ1v) is 9.58. The van der Waals surface area contributed by atoms with Crippen LogP contribution >= 0.6 is 51.1 Å². The first-order chi connectivity index (χ1) is 11.5. The Morgan fingerprint density at radius 1 is 1.17 bits per heavy atom. The maximum atomic E-state index is 12.3. The minimum Gasteiger partial charge on any atom is -0.281 e. The van der Waals surface area contributed by atoms with Gasteiger partial charge in [0.2, 0.25) is 5.12 Å². The zero-order chi connectivity index (χ0) is 17.1. The molecule has 3 nitrogen and oxygen atoms in total. The fourth-order valence-corrected chi connectivity index (χ4v) is 4.51. The topological polar surface area (TPSA) is 46.5 Å². The lowest BCUT2D eigenvalue weighted by Gasteiger charge is -2.02. The van der Waals surface area contributed by atoms with Crippen molar-refractivity contribution in [2.24, 2.45) is 4.99 Å². The molecule has 0 bridgehead atoms. The van der Waals surface area contributed by atoms with Crippen molar-refractivity contribution in [3.05, 3.63) is 74.1 Å². The molecule has 24 heavy (non-hydrogen) atoms. The van der Waals surface area contributed by atoms with Crippen molar-refractivity contribution in [1.29, 1.82) is 0 Å². The highest BCUT2D eigenvalue weighted by atomic mass is 79.9. The Morgan fingerprint density at radius 3 is 2.58 bits per heavy atom. The van der Waals surface area contributed by atoms with Gasteiger partial charge < -0.3 is 0 Å². The first-order valence-electron chi connectivity index (χ1n) is 6.78. The van der Waals surface area contributed by atoms with E-state index in [9.17, 15) is 9.59 Å². The Kier molecular flexibility index (Phi) is 5.61. The summed E-state index contributed by atoms with van der Waals surface area (Å²) in [7, 11) is 0. The number of rotatable bonds is 2. The number of benzene rings is 2. The predicted octanol–water partition coefficient (Wildman–Crippen LogP) is 5.65. The number of hydrogen-bond acceptors (Lipinski definition) is 4. The average molecular weight is 439 g/mol. The Hall–Kier alpha value is -1.34. The maximum Gasteiger partial charge on any atom is 0.285 e. The molecule has 0 fully saturated rings. The summed E-state index contributed by atoms with van der Waals surface area (Å²) >= 11 is 11.4. The quantitative estimate of drug-likeness (QED) is 0.569. The van der Waals surface area contributed by atoms with E-state index in [1.165, 1.54) is 11.8 Å². The first kappa shape index (κ1) is 17.5. The molecule has 120 valence electrons. The van der Waals surface area contributed by atoms with Crippen LogP contribution in [0.4, 0.5) is 0 Å². The maximum absolute atomic E-state index is 12.3. The SMILES string of the molecule is O=C1N=C(SC(=O)c2ccccc2Br)SC1=Cc1ccc(Cl)cc1. The normalized spacial score (nSPS) is 15.7. The Labute approximate surface area is 160 Å². The van der Waals surface area contributed by atoms with E-state index in [0.717, 1.165) is 17.3 Å². The summed E-state index contributed by atoms with van der Waals surface area (Å²) in [6.45, 7) is 0. The highest BCUT2D eigenvalue weighted by molar-refractivity contribution is 9.10. The highest BCUT2D eigenvalue weighted by Crippen LogP contribution is 2.35. The second-order valence-electron chi connectivity index (χ2n) is 4.71. The Bertz CT molecular complexity index is 878. The van der Waals surface area contributed by atoms with Gasteiger partial charge in [-0.3, -0.25) is 9.59 Å². The van der Waals surface area contributed by atoms with Gasteiger partial charge in [-0.15, -0.1) is 0 Å². The van der Waals surface area contributed by atoms with Crippen LogP contribution in [-0.4, -0.2) is 15.4 Å². The monoisotopic (exact) mass is 437 g/mol. The molecule has 0 saturated carbocycles. The van der Waals surface area contributed by atoms with E-state index in [-0.39, 0.29) is 11.0 Å². The van der Waals surface area contributed by atoms with Crippen LogP contribution in [0.3, 0.4) is 0 Å². The van der Waals surface area contributed by atoms with E-state index in [1.54, 1.807) is 36.4 Å². The molecule has 0 saturated heterocycles. The molecule has 0 aromatic heterocycles. The minimum absolute atomic E-state index is 0.158. The van der Waals surface area contributed by atoms with Crippen LogP contribution in [0.15, 0.2) is 62.9 Å². The second kappa shape index (κ2) is 7.70. The van der Waals surface area contributed by atoms with Gasteiger partial charge in [-0.1, -0.05) is 63.6 Å². The lowest BCUT2D eigenvalue weighted by molar-refractivity contribution is -0.113. The number of carbonyl (C=O) groups excluding carboxylic acids is 2. The van der Waals surface area contributed by atoms with Crippen molar-refractivity contribution in [3.8, 4) is 0 Å². The third-order valence-corrected chi connectivity index (χ3v) is 5.94. The van der Waals surface area contributed by atoms with Gasteiger partial charge in [0.05, 0.1) is 4.91 Å². The third-order valence-electron chi connectivity index (χ3n) is 3.04. The molecule has 0 aliphatic carbocycles. The van der Waals surface area contributed by atoms with Crippen molar-refractivity contribution in [2.75, 3.05) is 0 Å². The summed E-state index contributed by atoms with van der Waals surface area (Å²) in [6.07, 6.45) is 1.74. The molecule has 1 heterocycles. The molecule has 0 spiro atoms. The number of aliphatic imine (C=N–C) groups is 1. The molecule has 2 aromatic rings. The largest absolute Gasteiger partial charge is 0.285 e. The molecule has 0 unspecified atom stereocenters. The summed E-state index contributed by atoms with van der Waals surface area (Å²) in [5, 5.41) is 0.475. The van der Waals surface area contributed by atoms with Gasteiger partial charge >= 0.3 is 0 Å². The average Bonchev–Trinajstić information content (AvgIpc) is 2.89. The molecule has 1 aliphatic rings. The van der Waals surface area contributed by atoms with E-state index < -0.39 is 0 Å². The van der Waals surface area contributed by atoms with Crippen LogP contribution in [0.5, 0.6) is 0 Å². The molecule has 1 aliphatic heterocycles. The zero-order valence-corrected chi connectivity index (χ0v) is 16.0. The Morgan fingerprint density at radius 2 is 1.88 bits per heavy atom. The standard InChI is InChI=1S/C17H9BrClNO2S2/c18-13-4-2-1-3-12(13)16(22)24-17-20-15(21)14(23-17)9-10-5-7-11(19)8-6-10/h1-9H. The molecule has 1 amide bonds. The number of hydrogen-bond donors (Lipinski definition) is 0. The van der Waals surface area contributed by atoms with Gasteiger partial charge in [0.25, 0.3) is 5.91 Å². The van der Waals surface area contributed by atoms with E-state index in [0.29, 0.717) is 24.3 Å². The Balaban J connectivity index is 1.72. The van der Waals surface area contributed by atoms with Crippen molar-refractivity contribution in [2.45, 2.75) is 0 Å². The van der Waals surface area contributed by atoms with Crippen LogP contribution in [0.25, 0.3) is 6.08 Å². The van der Waals surface area contributed by atoms with Crippen LogP contribution in [0, 0.1) is 0 Å². The number of halogens is 2. The molecule has 7 heteroatoms. The van der Waals surface area contributed by atoms with Crippen LogP contribution < -0.4 is 0 Å². The van der Waals surface area contributed by atoms with Gasteiger partial charge in [-0.25, -0.2) is 0 Å². The lowest BCUT2D eigenvalue weighted by Crippen LogP contribution is -1.97. The second-order valence-corrected chi connectivity index (χ2v) is 8.26. The van der Waals surface area contributed by atoms with Crippen LogP contribution in [-0.2, 0) is 4.79 Å². The minimum atomic E-state index is -0.336. The van der Waals surface area contributed by atoms with Gasteiger partial charge in [-0.2, -0.15) is 4.99 Å². The van der Waals surface area contributed by atoms with Crippen LogP contribution in [0.1, 0.15) is 15.9 Å². The number of thioether (sulfide) groups is 2. The summed E-state index contributed by atoms with van der Waals surface area (Å²) in [6, 6.07) is 14.3. The van der Waals surface area contributed by atoms with Gasteiger partial charge in [0.15, 0.2) is 0 Å². The van der Waals surface area contributed by atoms with Crippen molar-refractivity contribution < 1.29 is 9.59 Å². The number of amides is 1. The lowest BCUT2D eigenvalue weighted by atomic mass is 10.2. The van der Waals surface area contributed by atoms with Crippen molar-refractivity contribution in [1.82, 2.24) is 0 Å². The summed E-state index contributed by atoms with van der Waals surface area (Å²) in [5.74, 6) is -0.336.